The highest BCUT2D eigenvalue weighted by Crippen LogP contribution is 2.35. The van der Waals surface area contributed by atoms with Crippen LogP contribution in [0.4, 0.5) is 5.69 Å². The van der Waals surface area contributed by atoms with Crippen molar-refractivity contribution in [3.8, 4) is 5.75 Å². The Kier molecular flexibility index (Phi) is 1.81. The maximum absolute atomic E-state index is 9.17. The molecule has 0 amide bonds. The van der Waals surface area contributed by atoms with E-state index in [9.17, 15) is 0 Å². The Bertz CT molecular complexity index is 327. The maximum atomic E-state index is 9.17. The minimum Gasteiger partial charge on any atom is -0.443 e. The highest BCUT2D eigenvalue weighted by Gasteiger charge is 2.24. The minimum atomic E-state index is -0.974. The smallest absolute Gasteiger partial charge is 0.279 e. The van der Waals surface area contributed by atoms with E-state index in [4.69, 9.17) is 9.84 Å². The van der Waals surface area contributed by atoms with Crippen molar-refractivity contribution in [1.29, 1.82) is 0 Å². The monoisotopic (exact) mass is 181 g/mol. The van der Waals surface area contributed by atoms with Crippen LogP contribution in [0.2, 0.25) is 0 Å². The summed E-state index contributed by atoms with van der Waals surface area (Å²) in [6, 6.07) is 0. The van der Waals surface area contributed by atoms with E-state index in [2.05, 4.69) is 15.5 Å². The third kappa shape index (κ3) is 1.31. The lowest BCUT2D eigenvalue weighted by atomic mass is 10.1. The summed E-state index contributed by atoms with van der Waals surface area (Å²) in [5.74, 6) is 0.815. The van der Waals surface area contributed by atoms with Crippen LogP contribution in [-0.4, -0.2) is 21.7 Å². The molecule has 2 heterocycles. The molecule has 1 aromatic heterocycles. The first-order valence-electron chi connectivity index (χ1n) is 4.15. The highest BCUT2D eigenvalue weighted by atomic mass is 16.6. The van der Waals surface area contributed by atoms with Gasteiger partial charge in [0.1, 0.15) is 5.69 Å². The molecule has 13 heavy (non-hydrogen) atoms. The molecule has 0 spiro atoms. The highest BCUT2D eigenvalue weighted by molar-refractivity contribution is 5.62. The number of aromatic nitrogens is 2. The molecule has 1 aromatic rings. The first-order valence-corrected chi connectivity index (χ1v) is 4.15. The second kappa shape index (κ2) is 2.85. The predicted molar refractivity (Wildman–Crippen MR) is 46.4 cm³/mol. The van der Waals surface area contributed by atoms with Crippen LogP contribution in [-0.2, 0) is 0 Å². The molecule has 0 saturated carbocycles. The van der Waals surface area contributed by atoms with Crippen LogP contribution < -0.4 is 10.1 Å². The van der Waals surface area contributed by atoms with Crippen molar-refractivity contribution in [3.05, 3.63) is 11.9 Å². The lowest BCUT2D eigenvalue weighted by Crippen LogP contribution is -2.18. The second-order valence-electron chi connectivity index (χ2n) is 3.24. The summed E-state index contributed by atoms with van der Waals surface area (Å²) < 4.78 is 5.04. The van der Waals surface area contributed by atoms with Gasteiger partial charge in [-0.1, -0.05) is 13.8 Å². The molecule has 0 fully saturated rings. The summed E-state index contributed by atoms with van der Waals surface area (Å²) in [5.41, 5.74) is 1.56. The quantitative estimate of drug-likeness (QED) is 0.666. The molecule has 0 radical (unpaired) electrons. The van der Waals surface area contributed by atoms with Gasteiger partial charge in [-0.05, 0) is 5.92 Å². The normalized spacial score (nSPS) is 19.5. The van der Waals surface area contributed by atoms with Crippen LogP contribution >= 0.6 is 0 Å². The Balaban J connectivity index is 2.45. The summed E-state index contributed by atoms with van der Waals surface area (Å²) in [4.78, 5) is 0. The van der Waals surface area contributed by atoms with Gasteiger partial charge in [0.2, 0.25) is 0 Å². The zero-order valence-corrected chi connectivity index (χ0v) is 7.48. The Morgan fingerprint density at radius 3 is 3.08 bits per heavy atom. The zero-order valence-electron chi connectivity index (χ0n) is 7.48. The van der Waals surface area contributed by atoms with Crippen molar-refractivity contribution >= 4 is 5.69 Å². The van der Waals surface area contributed by atoms with E-state index in [0.29, 0.717) is 5.75 Å². The summed E-state index contributed by atoms with van der Waals surface area (Å²) in [6.07, 6.45) is 0.517. The summed E-state index contributed by atoms with van der Waals surface area (Å²) in [6.45, 7) is 4.02. The molecule has 2 N–H and O–H groups in total. The molecule has 5 nitrogen and oxygen atoms in total. The molecule has 0 aromatic carbocycles. The van der Waals surface area contributed by atoms with Crippen molar-refractivity contribution in [3.63, 3.8) is 0 Å². The summed E-state index contributed by atoms with van der Waals surface area (Å²) >= 11 is 0. The lowest BCUT2D eigenvalue weighted by Gasteiger charge is -2.06. The maximum Gasteiger partial charge on any atom is 0.279 e. The van der Waals surface area contributed by atoms with Gasteiger partial charge < -0.3 is 15.2 Å². The number of fused-ring (bicyclic) bond motifs is 1. The molecule has 70 valence electrons. The standard InChI is InChI=1S/C8H11N3O2/c1-4(2)6-7-5(3-9-11-6)13-8(12)10-7/h3-4,8,10,12H,1-2H3. The van der Waals surface area contributed by atoms with E-state index in [1.54, 1.807) is 0 Å². The van der Waals surface area contributed by atoms with E-state index in [1.165, 1.54) is 6.20 Å². The van der Waals surface area contributed by atoms with Gasteiger partial charge in [-0.25, -0.2) is 0 Å². The largest absolute Gasteiger partial charge is 0.443 e. The molecule has 1 aliphatic rings. The number of aliphatic hydroxyl groups is 1. The van der Waals surface area contributed by atoms with Crippen LogP contribution in [0.15, 0.2) is 6.20 Å². The zero-order chi connectivity index (χ0) is 9.42. The molecular formula is C8H11N3O2. The Morgan fingerprint density at radius 2 is 2.38 bits per heavy atom. The van der Waals surface area contributed by atoms with Crippen molar-refractivity contribution in [2.24, 2.45) is 0 Å². The van der Waals surface area contributed by atoms with E-state index in [0.717, 1.165) is 11.4 Å². The van der Waals surface area contributed by atoms with Gasteiger partial charge in [-0.15, -0.1) is 0 Å². The average molecular weight is 181 g/mol. The van der Waals surface area contributed by atoms with E-state index >= 15 is 0 Å². The fourth-order valence-corrected chi connectivity index (χ4v) is 1.30. The molecule has 0 saturated heterocycles. The average Bonchev–Trinajstić information content (AvgIpc) is 2.43. The molecule has 0 bridgehead atoms. The SMILES string of the molecule is CC(C)c1nncc2c1NC(O)O2. The van der Waals surface area contributed by atoms with Crippen LogP contribution in [0.3, 0.4) is 0 Å². The number of aliphatic hydroxyl groups excluding tert-OH is 1. The Hall–Kier alpha value is -1.36. The van der Waals surface area contributed by atoms with Crippen molar-refractivity contribution in [2.45, 2.75) is 26.2 Å². The summed E-state index contributed by atoms with van der Waals surface area (Å²) in [7, 11) is 0. The van der Waals surface area contributed by atoms with Gasteiger partial charge in [0.05, 0.1) is 11.9 Å². The minimum absolute atomic E-state index is 0.254. The van der Waals surface area contributed by atoms with Crippen molar-refractivity contribution < 1.29 is 9.84 Å². The molecule has 2 rings (SSSR count). The van der Waals surface area contributed by atoms with Gasteiger partial charge in [0.25, 0.3) is 6.41 Å². The molecule has 1 unspecified atom stereocenters. The molecule has 0 aliphatic carbocycles. The number of ether oxygens (including phenoxy) is 1. The fourth-order valence-electron chi connectivity index (χ4n) is 1.30. The topological polar surface area (TPSA) is 67.3 Å². The number of rotatable bonds is 1. The Morgan fingerprint density at radius 1 is 1.62 bits per heavy atom. The number of hydrogen-bond acceptors (Lipinski definition) is 5. The van der Waals surface area contributed by atoms with E-state index < -0.39 is 6.41 Å². The first-order chi connectivity index (χ1) is 6.18. The molecule has 1 atom stereocenters. The first kappa shape index (κ1) is 8.25. The number of anilines is 1. The van der Waals surface area contributed by atoms with Gasteiger partial charge in [0.15, 0.2) is 5.75 Å². The van der Waals surface area contributed by atoms with Gasteiger partial charge in [-0.3, -0.25) is 0 Å². The molecule has 5 heteroatoms. The van der Waals surface area contributed by atoms with Crippen LogP contribution in [0.1, 0.15) is 25.5 Å². The fraction of sp³-hybridized carbons (Fsp3) is 0.500. The Labute approximate surface area is 75.8 Å². The summed E-state index contributed by atoms with van der Waals surface area (Å²) in [5, 5.41) is 19.7. The van der Waals surface area contributed by atoms with Crippen molar-refractivity contribution in [1.82, 2.24) is 10.2 Å². The van der Waals surface area contributed by atoms with Crippen LogP contribution in [0.5, 0.6) is 5.75 Å². The van der Waals surface area contributed by atoms with E-state index in [-0.39, 0.29) is 5.92 Å². The lowest BCUT2D eigenvalue weighted by molar-refractivity contribution is 0.0209. The second-order valence-corrected chi connectivity index (χ2v) is 3.24. The van der Waals surface area contributed by atoms with Gasteiger partial charge in [-0.2, -0.15) is 10.2 Å². The number of nitrogens with zero attached hydrogens (tertiary/aromatic N) is 2. The molecular weight excluding hydrogens is 170 g/mol. The third-order valence-corrected chi connectivity index (χ3v) is 1.90. The molecule has 1 aliphatic heterocycles. The van der Waals surface area contributed by atoms with Crippen molar-refractivity contribution in [2.75, 3.05) is 5.32 Å². The van der Waals surface area contributed by atoms with Gasteiger partial charge >= 0.3 is 0 Å². The number of nitrogens with one attached hydrogen (secondary N) is 1. The van der Waals surface area contributed by atoms with Crippen LogP contribution in [0, 0.1) is 0 Å². The van der Waals surface area contributed by atoms with Crippen LogP contribution in [0.25, 0.3) is 0 Å². The van der Waals surface area contributed by atoms with Gasteiger partial charge in [0, 0.05) is 0 Å². The predicted octanol–water partition coefficient (Wildman–Crippen LogP) is 0.680. The number of hydrogen-bond donors (Lipinski definition) is 2. The van der Waals surface area contributed by atoms with E-state index in [1.807, 2.05) is 13.8 Å². The third-order valence-electron chi connectivity index (χ3n) is 1.90.